The van der Waals surface area contributed by atoms with Gasteiger partial charge in [0.25, 0.3) is 0 Å². The average Bonchev–Trinajstić information content (AvgIpc) is 3.31. The van der Waals surface area contributed by atoms with E-state index >= 15 is 0 Å². The molecule has 0 saturated carbocycles. The summed E-state index contributed by atoms with van der Waals surface area (Å²) >= 11 is 0. The average molecular weight is 913 g/mol. The molecular weight excluding hydrogens is 832 g/mol. The Kier molecular flexibility index (Phi) is 35.7. The maximum Gasteiger partial charge on any atom is 3.00 e. The van der Waals surface area contributed by atoms with Crippen LogP contribution in [0.15, 0.2) is 72.8 Å². The SMILES string of the molecule is CCCCOCC(C)(O[O-])c1cccc(OCCCC)c1.CCCCOCC(C)(O[O-])c1cccc(OCCCC)c1.CCCCOCC(C)(O[O-])c1cccc(OCCCC)c1.[Al+3]. The molecule has 0 bridgehead atoms. The molecule has 12 nitrogen and oxygen atoms in total. The second-order valence-electron chi connectivity index (χ2n) is 16.4. The van der Waals surface area contributed by atoms with Crippen molar-refractivity contribution in [3.05, 3.63) is 89.5 Å². The van der Waals surface area contributed by atoms with Gasteiger partial charge in [-0.15, -0.1) is 0 Å². The van der Waals surface area contributed by atoms with Crippen LogP contribution in [-0.2, 0) is 45.7 Å². The number of unbranched alkanes of at least 4 members (excludes halogenated alkanes) is 6. The van der Waals surface area contributed by atoms with Gasteiger partial charge in [0.05, 0.1) is 39.6 Å². The summed E-state index contributed by atoms with van der Waals surface area (Å²) in [6.07, 6.45) is 12.4. The van der Waals surface area contributed by atoms with Crippen molar-refractivity contribution >= 4 is 17.4 Å². The molecule has 3 rings (SSSR count). The minimum atomic E-state index is -0.988. The van der Waals surface area contributed by atoms with Gasteiger partial charge in [0.1, 0.15) is 34.1 Å². The van der Waals surface area contributed by atoms with Crippen LogP contribution >= 0.6 is 0 Å². The fraction of sp³-hybridized carbons (Fsp3) is 0.647. The van der Waals surface area contributed by atoms with Crippen LogP contribution in [0, 0.1) is 0 Å². The van der Waals surface area contributed by atoms with Gasteiger partial charge < -0.3 is 58.9 Å². The van der Waals surface area contributed by atoms with Gasteiger partial charge in [0, 0.05) is 19.8 Å². The van der Waals surface area contributed by atoms with Crippen LogP contribution in [0.1, 0.15) is 156 Å². The van der Waals surface area contributed by atoms with Crippen molar-refractivity contribution in [2.75, 3.05) is 59.5 Å². The Balaban J connectivity index is 0.000000923. The number of hydrogen-bond donors (Lipinski definition) is 0. The molecule has 64 heavy (non-hydrogen) atoms. The summed E-state index contributed by atoms with van der Waals surface area (Å²) in [5.74, 6) is 2.29. The van der Waals surface area contributed by atoms with E-state index < -0.39 is 16.8 Å². The summed E-state index contributed by atoms with van der Waals surface area (Å²) in [5.41, 5.74) is -0.623. The molecule has 0 saturated heterocycles. The molecule has 0 amide bonds. The minimum Gasteiger partial charge on any atom is -0.723 e. The van der Waals surface area contributed by atoms with Crippen molar-refractivity contribution in [1.29, 1.82) is 0 Å². The van der Waals surface area contributed by atoms with Gasteiger partial charge in [-0.2, -0.15) is 0 Å². The normalized spacial score (nSPS) is 13.7. The predicted molar refractivity (Wildman–Crippen MR) is 249 cm³/mol. The molecule has 0 spiro atoms. The second kappa shape index (κ2) is 37.3. The molecule has 13 heteroatoms. The molecule has 3 atom stereocenters. The Labute approximate surface area is 397 Å². The molecule has 0 aliphatic heterocycles. The first-order valence-electron chi connectivity index (χ1n) is 23.3. The first-order chi connectivity index (χ1) is 30.5. The molecule has 0 N–H and O–H groups in total. The summed E-state index contributed by atoms with van der Waals surface area (Å²) in [6, 6.07) is 22.5. The van der Waals surface area contributed by atoms with Crippen LogP contribution in [0.2, 0.25) is 0 Å². The predicted octanol–water partition coefficient (Wildman–Crippen LogP) is 9.19. The van der Waals surface area contributed by atoms with E-state index in [4.69, 9.17) is 28.4 Å². The molecule has 0 aliphatic rings. The summed E-state index contributed by atoms with van der Waals surface area (Å²) in [7, 11) is 0. The van der Waals surface area contributed by atoms with Crippen LogP contribution < -0.4 is 30.0 Å². The number of ether oxygens (including phenoxy) is 6. The Morgan fingerprint density at radius 2 is 0.609 bits per heavy atom. The zero-order valence-corrected chi connectivity index (χ0v) is 41.9. The summed E-state index contributed by atoms with van der Waals surface area (Å²) in [4.78, 5) is 13.4. The van der Waals surface area contributed by atoms with Crippen LogP contribution in [0.25, 0.3) is 0 Å². The van der Waals surface area contributed by atoms with Crippen molar-refractivity contribution in [2.24, 2.45) is 0 Å². The molecule has 0 fully saturated rings. The first kappa shape index (κ1) is 61.2. The number of benzene rings is 3. The van der Waals surface area contributed by atoms with Crippen molar-refractivity contribution in [1.82, 2.24) is 0 Å². The van der Waals surface area contributed by atoms with E-state index in [2.05, 4.69) is 56.2 Å². The molecule has 0 heterocycles. The third-order valence-electron chi connectivity index (χ3n) is 10.2. The standard InChI is InChI=1S/3C17H28O4.Al/c3*1-4-6-11-19-14-17(3,21-18)15-9-8-10-16(13-15)20-12-7-5-2;/h3*8-10,13,18H,4-7,11-12,14H2,1-3H3;/q;;;+3/p-3. The summed E-state index contributed by atoms with van der Waals surface area (Å²) < 4.78 is 33.7. The Bertz CT molecular complexity index is 1370. The topological polar surface area (TPSA) is 152 Å². The maximum absolute atomic E-state index is 11.2. The zero-order chi connectivity index (χ0) is 46.7. The smallest absolute Gasteiger partial charge is 0.723 e. The van der Waals surface area contributed by atoms with Crippen LogP contribution in [-0.4, -0.2) is 76.8 Å². The third kappa shape index (κ3) is 24.7. The molecule has 0 aliphatic carbocycles. The van der Waals surface area contributed by atoms with Crippen LogP contribution in [0.4, 0.5) is 0 Å². The van der Waals surface area contributed by atoms with Gasteiger partial charge in [-0.05, 0) is 112 Å². The number of rotatable bonds is 33. The van der Waals surface area contributed by atoms with E-state index in [-0.39, 0.29) is 37.2 Å². The van der Waals surface area contributed by atoms with Crippen molar-refractivity contribution in [3.63, 3.8) is 0 Å². The van der Waals surface area contributed by atoms with E-state index in [0.29, 0.717) is 39.6 Å². The van der Waals surface area contributed by atoms with Crippen LogP contribution in [0.3, 0.4) is 0 Å². The summed E-state index contributed by atoms with van der Waals surface area (Å²) in [6.45, 7) is 22.6. The van der Waals surface area contributed by atoms with Crippen LogP contribution in [0.5, 0.6) is 17.2 Å². The fourth-order valence-electron chi connectivity index (χ4n) is 5.75. The second-order valence-corrected chi connectivity index (χ2v) is 16.4. The van der Waals surface area contributed by atoms with Crippen molar-refractivity contribution < 1.29 is 58.9 Å². The number of hydrogen-bond acceptors (Lipinski definition) is 12. The van der Waals surface area contributed by atoms with Gasteiger partial charge in [-0.1, -0.05) is 116 Å². The largest absolute Gasteiger partial charge is 3.00 e. The van der Waals surface area contributed by atoms with E-state index in [1.807, 2.05) is 72.8 Å². The van der Waals surface area contributed by atoms with E-state index in [0.717, 1.165) is 111 Å². The molecule has 0 radical (unpaired) electrons. The van der Waals surface area contributed by atoms with E-state index in [9.17, 15) is 15.8 Å². The van der Waals surface area contributed by atoms with E-state index in [1.54, 1.807) is 20.8 Å². The Morgan fingerprint density at radius 3 is 0.828 bits per heavy atom. The van der Waals surface area contributed by atoms with Gasteiger partial charge in [-0.25, -0.2) is 0 Å². The fourth-order valence-corrected chi connectivity index (χ4v) is 5.75. The van der Waals surface area contributed by atoms with Gasteiger partial charge in [-0.3, -0.25) is 0 Å². The maximum atomic E-state index is 11.2. The van der Waals surface area contributed by atoms with Crippen molar-refractivity contribution in [2.45, 2.75) is 156 Å². The zero-order valence-electron chi connectivity index (χ0n) is 40.8. The molecule has 360 valence electrons. The minimum absolute atomic E-state index is 0. The molecular formula is C51H81AlO12. The van der Waals surface area contributed by atoms with Crippen molar-refractivity contribution in [3.8, 4) is 17.2 Å². The third-order valence-corrected chi connectivity index (χ3v) is 10.2. The molecule has 3 aromatic carbocycles. The Hall–Kier alpha value is -2.77. The quantitative estimate of drug-likeness (QED) is 0.0248. The summed E-state index contributed by atoms with van der Waals surface area (Å²) in [5, 5.41) is 33.5. The van der Waals surface area contributed by atoms with Gasteiger partial charge in [0.2, 0.25) is 0 Å². The molecule has 3 aromatic rings. The molecule has 0 aromatic heterocycles. The van der Waals surface area contributed by atoms with E-state index in [1.165, 1.54) is 0 Å². The van der Waals surface area contributed by atoms with Gasteiger partial charge >= 0.3 is 17.4 Å². The Morgan fingerprint density at radius 1 is 0.375 bits per heavy atom. The van der Waals surface area contributed by atoms with Gasteiger partial charge in [0.15, 0.2) is 0 Å². The monoisotopic (exact) mass is 913 g/mol. The first-order valence-corrected chi connectivity index (χ1v) is 23.3. The molecule has 3 unspecified atom stereocenters.